The minimum absolute atomic E-state index is 0.531. The van der Waals surface area contributed by atoms with Crippen molar-refractivity contribution in [2.45, 2.75) is 6.92 Å². The molecule has 0 aromatic heterocycles. The first-order valence-corrected chi connectivity index (χ1v) is 6.59. The highest BCUT2D eigenvalue weighted by Crippen LogP contribution is 2.55. The van der Waals surface area contributed by atoms with Gasteiger partial charge in [0.1, 0.15) is 0 Å². The van der Waals surface area contributed by atoms with Gasteiger partial charge < -0.3 is 0 Å². The zero-order valence-corrected chi connectivity index (χ0v) is 8.33. The summed E-state index contributed by atoms with van der Waals surface area (Å²) < 4.78 is 11.2. The summed E-state index contributed by atoms with van der Waals surface area (Å²) in [6.07, 6.45) is 0. The van der Waals surface area contributed by atoms with E-state index in [2.05, 4.69) is 0 Å². The maximum Gasteiger partial charge on any atom is 0.282 e. The summed E-state index contributed by atoms with van der Waals surface area (Å²) in [7, 11) is 0. The SMILES string of the molecule is Cc1ccccc1P(=O)(Cl)Cl. The highest BCUT2D eigenvalue weighted by Gasteiger charge is 2.18. The maximum absolute atomic E-state index is 11.2. The fourth-order valence-electron chi connectivity index (χ4n) is 0.855. The van der Waals surface area contributed by atoms with Gasteiger partial charge >= 0.3 is 0 Å². The molecule has 0 saturated heterocycles. The van der Waals surface area contributed by atoms with Gasteiger partial charge in [0.25, 0.3) is 5.85 Å². The first kappa shape index (κ1) is 9.12. The monoisotopic (exact) mass is 208 g/mol. The Morgan fingerprint density at radius 3 is 2.18 bits per heavy atom. The van der Waals surface area contributed by atoms with Crippen LogP contribution in [0.5, 0.6) is 0 Å². The molecule has 1 aromatic carbocycles. The predicted molar refractivity (Wildman–Crippen MR) is 50.1 cm³/mol. The van der Waals surface area contributed by atoms with Crippen LogP contribution in [0.3, 0.4) is 0 Å². The second-order valence-corrected chi connectivity index (χ2v) is 7.03. The lowest BCUT2D eigenvalue weighted by atomic mass is 10.2. The van der Waals surface area contributed by atoms with E-state index in [4.69, 9.17) is 22.5 Å². The van der Waals surface area contributed by atoms with Gasteiger partial charge in [0.2, 0.25) is 0 Å². The van der Waals surface area contributed by atoms with Crippen LogP contribution >= 0.6 is 28.3 Å². The quantitative estimate of drug-likeness (QED) is 0.648. The third-order valence-corrected chi connectivity index (χ3v) is 3.55. The summed E-state index contributed by atoms with van der Waals surface area (Å²) >= 11 is 11.0. The van der Waals surface area contributed by atoms with Gasteiger partial charge in [-0.1, -0.05) is 18.2 Å². The van der Waals surface area contributed by atoms with Crippen molar-refractivity contribution in [1.82, 2.24) is 0 Å². The molecule has 0 aliphatic rings. The maximum atomic E-state index is 11.2. The van der Waals surface area contributed by atoms with Gasteiger partial charge in [-0.25, -0.2) is 0 Å². The standard InChI is InChI=1S/C7H7Cl2OP/c1-6-4-2-3-5-7(6)11(8,9)10/h2-5H,1H3. The molecule has 0 radical (unpaired) electrons. The Morgan fingerprint density at radius 1 is 1.27 bits per heavy atom. The van der Waals surface area contributed by atoms with Crippen LogP contribution in [0.2, 0.25) is 0 Å². The van der Waals surface area contributed by atoms with Gasteiger partial charge in [-0.3, -0.25) is 4.57 Å². The number of hydrogen-bond acceptors (Lipinski definition) is 1. The van der Waals surface area contributed by atoms with Crippen molar-refractivity contribution in [2.24, 2.45) is 0 Å². The average molecular weight is 209 g/mol. The normalized spacial score (nSPS) is 11.5. The number of hydrogen-bond donors (Lipinski definition) is 0. The molecule has 60 valence electrons. The largest absolute Gasteiger partial charge is 0.284 e. The summed E-state index contributed by atoms with van der Waals surface area (Å²) in [5, 5.41) is 0.531. The Balaban J connectivity index is 3.25. The molecule has 11 heavy (non-hydrogen) atoms. The fraction of sp³-hybridized carbons (Fsp3) is 0.143. The lowest BCUT2D eigenvalue weighted by Crippen LogP contribution is -2.00. The molecule has 0 saturated carbocycles. The van der Waals surface area contributed by atoms with E-state index in [0.29, 0.717) is 5.30 Å². The molecular formula is C7H7Cl2OP. The molecule has 0 fully saturated rings. The van der Waals surface area contributed by atoms with Crippen molar-refractivity contribution < 1.29 is 4.57 Å². The highest BCUT2D eigenvalue weighted by molar-refractivity contribution is 8.13. The smallest absolute Gasteiger partial charge is 0.282 e. The zero-order chi connectivity index (χ0) is 8.48. The van der Waals surface area contributed by atoms with Crippen molar-refractivity contribution in [3.8, 4) is 0 Å². The van der Waals surface area contributed by atoms with E-state index >= 15 is 0 Å². The molecule has 1 rings (SSSR count). The topological polar surface area (TPSA) is 17.1 Å². The van der Waals surface area contributed by atoms with Crippen molar-refractivity contribution in [3.05, 3.63) is 29.8 Å². The van der Waals surface area contributed by atoms with E-state index in [1.165, 1.54) is 0 Å². The number of halogens is 2. The Labute approximate surface area is 75.3 Å². The molecule has 0 unspecified atom stereocenters. The van der Waals surface area contributed by atoms with Crippen LogP contribution in [-0.2, 0) is 4.57 Å². The third-order valence-electron chi connectivity index (χ3n) is 1.40. The van der Waals surface area contributed by atoms with Crippen LogP contribution in [0.1, 0.15) is 5.56 Å². The summed E-state index contributed by atoms with van der Waals surface area (Å²) in [5.41, 5.74) is 0.862. The molecule has 0 N–H and O–H groups in total. The second kappa shape index (κ2) is 3.18. The summed E-state index contributed by atoms with van der Waals surface area (Å²) in [4.78, 5) is 0. The van der Waals surface area contributed by atoms with Gasteiger partial charge in [0.05, 0.1) is 0 Å². The van der Waals surface area contributed by atoms with E-state index in [1.807, 2.05) is 19.1 Å². The molecule has 1 aromatic rings. The van der Waals surface area contributed by atoms with E-state index < -0.39 is 5.85 Å². The molecule has 1 nitrogen and oxygen atoms in total. The lowest BCUT2D eigenvalue weighted by molar-refractivity contribution is 0.597. The van der Waals surface area contributed by atoms with Gasteiger partial charge in [-0.05, 0) is 41.0 Å². The second-order valence-electron chi connectivity index (χ2n) is 2.25. The lowest BCUT2D eigenvalue weighted by Gasteiger charge is -2.04. The molecule has 0 amide bonds. The minimum atomic E-state index is -3.11. The average Bonchev–Trinajstić information content (AvgIpc) is 1.86. The van der Waals surface area contributed by atoms with Crippen LogP contribution in [-0.4, -0.2) is 0 Å². The van der Waals surface area contributed by atoms with Crippen LogP contribution in [0, 0.1) is 6.92 Å². The Hall–Kier alpha value is 0.0300. The number of aryl methyl sites for hydroxylation is 1. The molecule has 0 aliphatic heterocycles. The van der Waals surface area contributed by atoms with Gasteiger partial charge in [-0.15, -0.1) is 0 Å². The van der Waals surface area contributed by atoms with Gasteiger partial charge in [0.15, 0.2) is 0 Å². The van der Waals surface area contributed by atoms with Crippen LogP contribution < -0.4 is 5.30 Å². The van der Waals surface area contributed by atoms with Gasteiger partial charge in [0, 0.05) is 5.30 Å². The molecule has 0 heterocycles. The number of rotatable bonds is 1. The predicted octanol–water partition coefficient (Wildman–Crippen LogP) is 3.29. The Bertz CT molecular complexity index is 305. The zero-order valence-electron chi connectivity index (χ0n) is 5.92. The summed E-state index contributed by atoms with van der Waals surface area (Å²) in [5.74, 6) is -3.11. The van der Waals surface area contributed by atoms with Crippen LogP contribution in [0.25, 0.3) is 0 Å². The number of benzene rings is 1. The van der Waals surface area contributed by atoms with Crippen molar-refractivity contribution in [1.29, 1.82) is 0 Å². The minimum Gasteiger partial charge on any atom is -0.284 e. The van der Waals surface area contributed by atoms with Crippen molar-refractivity contribution in [3.63, 3.8) is 0 Å². The Morgan fingerprint density at radius 2 is 1.82 bits per heavy atom. The summed E-state index contributed by atoms with van der Waals surface area (Å²) in [6, 6.07) is 7.12. The molecule has 0 aliphatic carbocycles. The van der Waals surface area contributed by atoms with E-state index in [1.54, 1.807) is 12.1 Å². The Kier molecular flexibility index (Phi) is 2.64. The highest BCUT2D eigenvalue weighted by atomic mass is 35.9. The first-order chi connectivity index (χ1) is 5.02. The molecular weight excluding hydrogens is 202 g/mol. The molecule has 0 spiro atoms. The molecule has 0 atom stereocenters. The molecule has 4 heteroatoms. The van der Waals surface area contributed by atoms with E-state index in [-0.39, 0.29) is 0 Å². The first-order valence-electron chi connectivity index (χ1n) is 3.07. The van der Waals surface area contributed by atoms with Crippen LogP contribution in [0.15, 0.2) is 24.3 Å². The third kappa shape index (κ3) is 2.23. The summed E-state index contributed by atoms with van der Waals surface area (Å²) in [6.45, 7) is 1.83. The molecule has 0 bridgehead atoms. The van der Waals surface area contributed by atoms with Gasteiger partial charge in [-0.2, -0.15) is 0 Å². The van der Waals surface area contributed by atoms with Crippen molar-refractivity contribution in [2.75, 3.05) is 0 Å². The van der Waals surface area contributed by atoms with E-state index in [9.17, 15) is 4.57 Å². The van der Waals surface area contributed by atoms with Crippen LogP contribution in [0.4, 0.5) is 0 Å². The van der Waals surface area contributed by atoms with E-state index in [0.717, 1.165) is 5.56 Å². The van der Waals surface area contributed by atoms with Crippen molar-refractivity contribution >= 4 is 33.6 Å². The fourth-order valence-corrected chi connectivity index (χ4v) is 2.74.